The van der Waals surface area contributed by atoms with Crippen molar-refractivity contribution in [2.45, 2.75) is 36.7 Å². The van der Waals surface area contributed by atoms with Crippen LogP contribution < -0.4 is 0 Å². The monoisotopic (exact) mass is 257 g/mol. The molecule has 96 valence electrons. The molecular weight excluding hydrogens is 238 g/mol. The molecule has 3 heterocycles. The highest BCUT2D eigenvalue weighted by Crippen LogP contribution is 2.33. The lowest BCUT2D eigenvalue weighted by molar-refractivity contribution is -0.192. The van der Waals surface area contributed by atoms with Crippen LogP contribution in [0.15, 0.2) is 0 Å². The second-order valence-corrected chi connectivity index (χ2v) is 6.28. The van der Waals surface area contributed by atoms with E-state index in [1.807, 2.05) is 4.90 Å². The molecule has 3 aliphatic heterocycles. The number of ether oxygens (including phenoxy) is 2. The fourth-order valence-electron chi connectivity index (χ4n) is 2.88. The molecule has 0 aliphatic carbocycles. The van der Waals surface area contributed by atoms with Gasteiger partial charge in [-0.15, -0.1) is 11.8 Å². The third kappa shape index (κ3) is 2.33. The smallest absolute Gasteiger partial charge is 0.235 e. The molecule has 0 aromatic rings. The summed E-state index contributed by atoms with van der Waals surface area (Å²) in [6.07, 6.45) is 4.12. The number of likely N-dealkylation sites (tertiary alicyclic amines) is 1. The van der Waals surface area contributed by atoms with E-state index in [1.165, 1.54) is 6.42 Å². The van der Waals surface area contributed by atoms with E-state index < -0.39 is 5.79 Å². The molecule has 5 heteroatoms. The van der Waals surface area contributed by atoms with Crippen LogP contribution in [0, 0.1) is 0 Å². The Morgan fingerprint density at radius 3 is 2.82 bits per heavy atom. The maximum Gasteiger partial charge on any atom is 0.235 e. The van der Waals surface area contributed by atoms with Crippen molar-refractivity contribution in [3.05, 3.63) is 0 Å². The van der Waals surface area contributed by atoms with Crippen molar-refractivity contribution in [1.29, 1.82) is 0 Å². The van der Waals surface area contributed by atoms with E-state index in [0.29, 0.717) is 25.7 Å². The summed E-state index contributed by atoms with van der Waals surface area (Å²) >= 11 is 1.80. The Labute approximate surface area is 106 Å². The summed E-state index contributed by atoms with van der Waals surface area (Å²) < 4.78 is 11.4. The van der Waals surface area contributed by atoms with E-state index in [9.17, 15) is 4.79 Å². The molecule has 1 atom stereocenters. The number of rotatable bonds is 1. The Morgan fingerprint density at radius 1 is 1.29 bits per heavy atom. The summed E-state index contributed by atoms with van der Waals surface area (Å²) in [5.74, 6) is 0.949. The minimum Gasteiger partial charge on any atom is -0.346 e. The topological polar surface area (TPSA) is 38.8 Å². The van der Waals surface area contributed by atoms with E-state index in [1.54, 1.807) is 11.8 Å². The highest BCUT2D eigenvalue weighted by atomic mass is 32.2. The normalized spacial score (nSPS) is 32.2. The minimum absolute atomic E-state index is 0.187. The van der Waals surface area contributed by atoms with E-state index in [2.05, 4.69) is 0 Å². The Bertz CT molecular complexity index is 298. The van der Waals surface area contributed by atoms with Crippen LogP contribution >= 0.6 is 11.8 Å². The van der Waals surface area contributed by atoms with Gasteiger partial charge < -0.3 is 14.4 Å². The van der Waals surface area contributed by atoms with Crippen LogP contribution in [0.4, 0.5) is 0 Å². The molecule has 0 N–H and O–H groups in total. The second kappa shape index (κ2) is 4.78. The summed E-state index contributed by atoms with van der Waals surface area (Å²) in [7, 11) is 0. The van der Waals surface area contributed by atoms with Gasteiger partial charge in [0.15, 0.2) is 5.79 Å². The fraction of sp³-hybridized carbons (Fsp3) is 0.917. The summed E-state index contributed by atoms with van der Waals surface area (Å²) in [6, 6.07) is 0. The second-order valence-electron chi connectivity index (χ2n) is 4.97. The first kappa shape index (κ1) is 11.8. The highest BCUT2D eigenvalue weighted by Gasteiger charge is 2.43. The van der Waals surface area contributed by atoms with Crippen molar-refractivity contribution in [3.8, 4) is 0 Å². The Balaban J connectivity index is 1.64. The number of nitrogens with zero attached hydrogens (tertiary/aromatic N) is 1. The third-order valence-corrected chi connectivity index (χ3v) is 5.11. The minimum atomic E-state index is -0.475. The van der Waals surface area contributed by atoms with Gasteiger partial charge in [-0.25, -0.2) is 0 Å². The van der Waals surface area contributed by atoms with Crippen molar-refractivity contribution in [3.63, 3.8) is 0 Å². The van der Waals surface area contributed by atoms with Gasteiger partial charge in [0, 0.05) is 13.0 Å². The van der Waals surface area contributed by atoms with Crippen LogP contribution in [0.5, 0.6) is 0 Å². The zero-order valence-corrected chi connectivity index (χ0v) is 10.8. The van der Waals surface area contributed by atoms with Gasteiger partial charge in [-0.3, -0.25) is 4.79 Å². The molecular formula is C12H19NO3S. The number of carbonyl (C=O) groups excluding carboxylic acids is 1. The molecule has 0 radical (unpaired) electrons. The van der Waals surface area contributed by atoms with Crippen LogP contribution in [-0.4, -0.2) is 53.9 Å². The summed E-state index contributed by atoms with van der Waals surface area (Å²) in [4.78, 5) is 14.3. The highest BCUT2D eigenvalue weighted by molar-refractivity contribution is 8.00. The molecule has 3 rings (SSSR count). The molecule has 0 saturated carbocycles. The first-order valence-corrected chi connectivity index (χ1v) is 7.52. The number of hydrogen-bond acceptors (Lipinski definition) is 4. The SMILES string of the molecule is O=C(C1CCCS1)N1CCCC2(C1)OCCO2. The molecule has 1 unspecified atom stereocenters. The van der Waals surface area contributed by atoms with Crippen molar-refractivity contribution < 1.29 is 14.3 Å². The van der Waals surface area contributed by atoms with E-state index >= 15 is 0 Å². The molecule has 17 heavy (non-hydrogen) atoms. The maximum absolute atomic E-state index is 12.3. The quantitative estimate of drug-likeness (QED) is 0.708. The van der Waals surface area contributed by atoms with E-state index in [0.717, 1.165) is 31.6 Å². The molecule has 4 nitrogen and oxygen atoms in total. The Kier molecular flexibility index (Phi) is 3.32. The van der Waals surface area contributed by atoms with Crippen molar-refractivity contribution in [1.82, 2.24) is 4.90 Å². The van der Waals surface area contributed by atoms with Crippen LogP contribution in [0.2, 0.25) is 0 Å². The molecule has 1 spiro atoms. The maximum atomic E-state index is 12.3. The molecule has 3 fully saturated rings. The molecule has 0 aromatic carbocycles. The van der Waals surface area contributed by atoms with Gasteiger partial charge >= 0.3 is 0 Å². The van der Waals surface area contributed by atoms with Crippen molar-refractivity contribution >= 4 is 17.7 Å². The lowest BCUT2D eigenvalue weighted by Gasteiger charge is -2.39. The largest absolute Gasteiger partial charge is 0.346 e. The average molecular weight is 257 g/mol. The number of carbonyl (C=O) groups is 1. The number of amides is 1. The van der Waals surface area contributed by atoms with E-state index in [-0.39, 0.29) is 5.25 Å². The first-order chi connectivity index (χ1) is 8.29. The van der Waals surface area contributed by atoms with Crippen LogP contribution in [0.25, 0.3) is 0 Å². The molecule has 0 aromatic heterocycles. The van der Waals surface area contributed by atoms with Crippen LogP contribution in [0.3, 0.4) is 0 Å². The zero-order chi connectivity index (χ0) is 11.7. The third-order valence-electron chi connectivity index (χ3n) is 3.75. The molecule has 1 amide bonds. The predicted molar refractivity (Wildman–Crippen MR) is 65.9 cm³/mol. The molecule has 3 saturated heterocycles. The summed E-state index contributed by atoms with van der Waals surface area (Å²) in [5, 5.41) is 0.187. The summed E-state index contributed by atoms with van der Waals surface area (Å²) in [5.41, 5.74) is 0. The van der Waals surface area contributed by atoms with Crippen molar-refractivity contribution in [2.24, 2.45) is 0 Å². The lowest BCUT2D eigenvalue weighted by Crippen LogP contribution is -2.52. The number of thioether (sulfide) groups is 1. The van der Waals surface area contributed by atoms with Gasteiger partial charge in [0.2, 0.25) is 5.91 Å². The molecule has 3 aliphatic rings. The number of piperidine rings is 1. The first-order valence-electron chi connectivity index (χ1n) is 6.47. The average Bonchev–Trinajstić information content (AvgIpc) is 3.00. The summed E-state index contributed by atoms with van der Waals surface area (Å²) in [6.45, 7) is 2.83. The molecule has 0 bridgehead atoms. The zero-order valence-electron chi connectivity index (χ0n) is 10.0. The lowest BCUT2D eigenvalue weighted by atomic mass is 10.0. The fourth-order valence-corrected chi connectivity index (χ4v) is 4.13. The van der Waals surface area contributed by atoms with Gasteiger partial charge in [-0.2, -0.15) is 0 Å². The van der Waals surface area contributed by atoms with Gasteiger partial charge in [0.05, 0.1) is 25.0 Å². The van der Waals surface area contributed by atoms with E-state index in [4.69, 9.17) is 9.47 Å². The Hall–Kier alpha value is -0.260. The van der Waals surface area contributed by atoms with Crippen LogP contribution in [0.1, 0.15) is 25.7 Å². The van der Waals surface area contributed by atoms with Gasteiger partial charge in [-0.1, -0.05) is 0 Å². The standard InChI is InChI=1S/C12H19NO3S/c14-11(10-3-1-8-17-10)13-5-2-4-12(9-13)15-6-7-16-12/h10H,1-9H2. The predicted octanol–water partition coefficient (Wildman–Crippen LogP) is 1.25. The van der Waals surface area contributed by atoms with Gasteiger partial charge in [0.25, 0.3) is 0 Å². The van der Waals surface area contributed by atoms with Gasteiger partial charge in [0.1, 0.15) is 0 Å². The Morgan fingerprint density at radius 2 is 2.12 bits per heavy atom. The number of hydrogen-bond donors (Lipinski definition) is 0. The van der Waals surface area contributed by atoms with Crippen LogP contribution in [-0.2, 0) is 14.3 Å². The van der Waals surface area contributed by atoms with Crippen molar-refractivity contribution in [2.75, 3.05) is 32.1 Å². The van der Waals surface area contributed by atoms with Gasteiger partial charge in [-0.05, 0) is 25.0 Å².